The molecule has 0 aliphatic carbocycles. The molecule has 1 aliphatic heterocycles. The number of nitrogens with zero attached hydrogens (tertiary/aromatic N) is 3. The number of H-pyrrole nitrogens is 1. The van der Waals surface area contributed by atoms with Crippen molar-refractivity contribution in [2.24, 2.45) is 12.8 Å². The van der Waals surface area contributed by atoms with Gasteiger partial charge < -0.3 is 20.7 Å². The van der Waals surface area contributed by atoms with Crippen LogP contribution in [0.2, 0.25) is 0 Å². The maximum absolute atomic E-state index is 14.6. The van der Waals surface area contributed by atoms with Crippen LogP contribution in [-0.4, -0.2) is 42.1 Å². The molecule has 2 aromatic carbocycles. The van der Waals surface area contributed by atoms with Gasteiger partial charge in [0.1, 0.15) is 22.9 Å². The number of halogens is 1. The monoisotopic (exact) mass is 489 g/mol. The number of amides is 1. The Balaban J connectivity index is 1.55. The Hall–Kier alpha value is -3.98. The number of benzene rings is 2. The average Bonchev–Trinajstić information content (AvgIpc) is 3.47. The number of aryl methyl sites for hydroxylation is 2. The summed E-state index contributed by atoms with van der Waals surface area (Å²) < 4.78 is 22.0. The van der Waals surface area contributed by atoms with E-state index in [2.05, 4.69) is 24.8 Å². The third-order valence-electron chi connectivity index (χ3n) is 6.94. The number of nitrogens with one attached hydrogen (secondary N) is 2. The van der Waals surface area contributed by atoms with E-state index >= 15 is 0 Å². The molecule has 5 rings (SSSR count). The number of anilines is 2. The Morgan fingerprint density at radius 2 is 2.08 bits per heavy atom. The van der Waals surface area contributed by atoms with Crippen LogP contribution in [0.3, 0.4) is 0 Å². The maximum atomic E-state index is 14.6. The number of methoxy groups -OCH3 is 1. The number of nitrogens with two attached hydrogens (primary N) is 1. The van der Waals surface area contributed by atoms with E-state index in [4.69, 9.17) is 10.5 Å². The van der Waals surface area contributed by atoms with Gasteiger partial charge in [0.15, 0.2) is 11.0 Å². The van der Waals surface area contributed by atoms with Gasteiger partial charge >= 0.3 is 0 Å². The normalized spacial score (nSPS) is 15.5. The SMILES string of the molecule is COc1cccc(F)c1-c1cccc(C(=O)Nc2ccc3c([nH]c(C)[n+]3C)c2N2CCC[C@H]2CN)n1. The van der Waals surface area contributed by atoms with Crippen molar-refractivity contribution in [1.82, 2.24) is 9.97 Å². The van der Waals surface area contributed by atoms with E-state index in [9.17, 15) is 9.18 Å². The molecule has 8 nitrogen and oxygen atoms in total. The molecule has 0 saturated carbocycles. The molecule has 3 heterocycles. The number of hydrogen-bond acceptors (Lipinski definition) is 5. The molecule has 2 aromatic heterocycles. The molecule has 0 radical (unpaired) electrons. The van der Waals surface area contributed by atoms with Crippen LogP contribution < -0.4 is 25.3 Å². The Morgan fingerprint density at radius 3 is 2.86 bits per heavy atom. The summed E-state index contributed by atoms with van der Waals surface area (Å²) in [5.41, 5.74) is 10.4. The lowest BCUT2D eigenvalue weighted by Gasteiger charge is -2.27. The number of aromatic nitrogens is 3. The minimum atomic E-state index is -0.469. The molecule has 0 unspecified atom stereocenters. The first-order chi connectivity index (χ1) is 17.4. The fourth-order valence-corrected chi connectivity index (χ4v) is 5.01. The minimum Gasteiger partial charge on any atom is -0.496 e. The fourth-order valence-electron chi connectivity index (χ4n) is 5.01. The summed E-state index contributed by atoms with van der Waals surface area (Å²) in [4.78, 5) is 23.6. The van der Waals surface area contributed by atoms with Gasteiger partial charge in [-0.1, -0.05) is 12.1 Å². The van der Waals surface area contributed by atoms with Crippen molar-refractivity contribution in [3.05, 3.63) is 65.9 Å². The number of carbonyl (C=O) groups is 1. The summed E-state index contributed by atoms with van der Waals surface area (Å²) in [7, 11) is 3.48. The van der Waals surface area contributed by atoms with Crippen LogP contribution in [0.1, 0.15) is 29.2 Å². The van der Waals surface area contributed by atoms with E-state index in [-0.39, 0.29) is 23.2 Å². The summed E-state index contributed by atoms with van der Waals surface area (Å²) in [6.45, 7) is 3.40. The van der Waals surface area contributed by atoms with Gasteiger partial charge in [0.05, 0.1) is 31.1 Å². The van der Waals surface area contributed by atoms with Crippen molar-refractivity contribution in [1.29, 1.82) is 0 Å². The predicted octanol–water partition coefficient (Wildman–Crippen LogP) is 3.69. The lowest BCUT2D eigenvalue weighted by Crippen LogP contribution is -2.36. The quantitative estimate of drug-likeness (QED) is 0.359. The third-order valence-corrected chi connectivity index (χ3v) is 6.94. The zero-order chi connectivity index (χ0) is 25.4. The average molecular weight is 490 g/mol. The maximum Gasteiger partial charge on any atom is 0.274 e. The van der Waals surface area contributed by atoms with E-state index in [1.807, 2.05) is 26.1 Å². The van der Waals surface area contributed by atoms with Gasteiger partial charge in [-0.05, 0) is 49.2 Å². The lowest BCUT2D eigenvalue weighted by molar-refractivity contribution is -0.651. The van der Waals surface area contributed by atoms with Crippen molar-refractivity contribution in [2.75, 3.05) is 30.4 Å². The van der Waals surface area contributed by atoms with Crippen LogP contribution in [0.5, 0.6) is 5.75 Å². The molecule has 0 bridgehead atoms. The molecule has 1 amide bonds. The van der Waals surface area contributed by atoms with Gasteiger partial charge in [-0.15, -0.1) is 0 Å². The molecule has 1 aliphatic rings. The second-order valence-electron chi connectivity index (χ2n) is 9.03. The van der Waals surface area contributed by atoms with Crippen molar-refractivity contribution < 1.29 is 18.5 Å². The first-order valence-corrected chi connectivity index (χ1v) is 12.0. The van der Waals surface area contributed by atoms with Crippen LogP contribution in [0.4, 0.5) is 15.8 Å². The van der Waals surface area contributed by atoms with Crippen molar-refractivity contribution in [3.63, 3.8) is 0 Å². The summed E-state index contributed by atoms with van der Waals surface area (Å²) in [5, 5.41) is 3.05. The van der Waals surface area contributed by atoms with Crippen LogP contribution in [-0.2, 0) is 7.05 Å². The second kappa shape index (κ2) is 9.58. The Kier molecular flexibility index (Phi) is 6.32. The van der Waals surface area contributed by atoms with Gasteiger partial charge in [-0.3, -0.25) is 4.79 Å². The predicted molar refractivity (Wildman–Crippen MR) is 138 cm³/mol. The van der Waals surface area contributed by atoms with Gasteiger partial charge in [0.2, 0.25) is 0 Å². The molecule has 9 heteroatoms. The number of imidazole rings is 1. The Bertz CT molecular complexity index is 1450. The van der Waals surface area contributed by atoms with Crippen molar-refractivity contribution >= 4 is 28.3 Å². The standard InChI is InChI=1S/C27H29FN6O2/c1-16-30-25-22(33(16)2)13-12-20(26(25)34-14-6-7-17(34)15-29)32-27(35)21-10-5-9-19(31-21)24-18(28)8-4-11-23(24)36-3/h4-5,8-13,17H,6-7,14-15,29H2,1-3H3,(H,32,35)/p+1/t17-/m0/s1. The molecular weight excluding hydrogens is 459 g/mol. The smallest absolute Gasteiger partial charge is 0.274 e. The van der Waals surface area contributed by atoms with Gasteiger partial charge in [-0.25, -0.2) is 18.9 Å². The second-order valence-corrected chi connectivity index (χ2v) is 9.03. The van der Waals surface area contributed by atoms with E-state index in [0.29, 0.717) is 23.7 Å². The number of pyridine rings is 1. The van der Waals surface area contributed by atoms with Gasteiger partial charge in [0, 0.05) is 26.1 Å². The van der Waals surface area contributed by atoms with E-state index in [1.165, 1.54) is 13.2 Å². The molecule has 186 valence electrons. The highest BCUT2D eigenvalue weighted by Gasteiger charge is 2.31. The van der Waals surface area contributed by atoms with E-state index in [0.717, 1.165) is 41.9 Å². The van der Waals surface area contributed by atoms with Gasteiger partial charge in [-0.2, -0.15) is 0 Å². The molecule has 1 saturated heterocycles. The van der Waals surface area contributed by atoms with Crippen LogP contribution in [0.25, 0.3) is 22.3 Å². The lowest BCUT2D eigenvalue weighted by atomic mass is 10.1. The number of fused-ring (bicyclic) bond motifs is 1. The number of rotatable bonds is 6. The number of aromatic amines is 1. The fraction of sp³-hybridized carbons (Fsp3) is 0.296. The molecular formula is C27H30FN6O2+. The largest absolute Gasteiger partial charge is 0.496 e. The first kappa shape index (κ1) is 23.7. The van der Waals surface area contributed by atoms with E-state index in [1.54, 1.807) is 30.3 Å². The molecule has 36 heavy (non-hydrogen) atoms. The van der Waals surface area contributed by atoms with E-state index < -0.39 is 5.82 Å². The molecule has 4 N–H and O–H groups in total. The Labute approximate surface area is 208 Å². The summed E-state index contributed by atoms with van der Waals surface area (Å²) in [6, 6.07) is 13.6. The molecule has 1 atom stereocenters. The summed E-state index contributed by atoms with van der Waals surface area (Å²) >= 11 is 0. The van der Waals surface area contributed by atoms with Gasteiger partial charge in [0.25, 0.3) is 11.7 Å². The number of hydrogen-bond donors (Lipinski definition) is 3. The Morgan fingerprint density at radius 1 is 1.28 bits per heavy atom. The minimum absolute atomic E-state index is 0.175. The summed E-state index contributed by atoms with van der Waals surface area (Å²) in [5.74, 6) is 0.504. The highest BCUT2D eigenvalue weighted by molar-refractivity contribution is 6.08. The van der Waals surface area contributed by atoms with Crippen LogP contribution in [0.15, 0.2) is 48.5 Å². The highest BCUT2D eigenvalue weighted by Crippen LogP contribution is 2.38. The van der Waals surface area contributed by atoms with Crippen molar-refractivity contribution in [2.45, 2.75) is 25.8 Å². The zero-order valence-electron chi connectivity index (χ0n) is 20.6. The zero-order valence-corrected chi connectivity index (χ0v) is 20.6. The molecule has 0 spiro atoms. The number of ether oxygens (including phenoxy) is 1. The van der Waals surface area contributed by atoms with Crippen LogP contribution >= 0.6 is 0 Å². The topological polar surface area (TPSA) is 100 Å². The first-order valence-electron chi connectivity index (χ1n) is 12.0. The highest BCUT2D eigenvalue weighted by atomic mass is 19.1. The molecule has 1 fully saturated rings. The third kappa shape index (κ3) is 4.05. The molecule has 4 aromatic rings. The van der Waals surface area contributed by atoms with Crippen molar-refractivity contribution in [3.8, 4) is 17.0 Å². The summed E-state index contributed by atoms with van der Waals surface area (Å²) in [6.07, 6.45) is 2.03. The van der Waals surface area contributed by atoms with Crippen LogP contribution in [0, 0.1) is 12.7 Å². The number of carbonyl (C=O) groups excluding carboxylic acids is 1.